The number of hydrogen-bond acceptors (Lipinski definition) is 3. The van der Waals surface area contributed by atoms with Crippen molar-refractivity contribution >= 4 is 22.6 Å². The molecular weight excluding hydrogens is 317 g/mol. The van der Waals surface area contributed by atoms with E-state index in [0.29, 0.717) is 12.5 Å². The Hall–Kier alpha value is -0.360. The smallest absolute Gasteiger partial charge is 0.126 e. The number of nitrogens with zero attached hydrogens (tertiary/aromatic N) is 1. The zero-order valence-electron chi connectivity index (χ0n) is 10.00. The van der Waals surface area contributed by atoms with E-state index in [1.165, 1.54) is 0 Å². The fraction of sp³-hybridized carbons (Fsp3) is 0.583. The van der Waals surface area contributed by atoms with Gasteiger partial charge in [0.25, 0.3) is 0 Å². The minimum absolute atomic E-state index is 0.432. The van der Waals surface area contributed by atoms with Crippen LogP contribution in [0.5, 0.6) is 5.75 Å². The molecule has 0 fully saturated rings. The molecule has 3 nitrogen and oxygen atoms in total. The molecule has 1 aromatic rings. The molecule has 0 aliphatic carbocycles. The van der Waals surface area contributed by atoms with Crippen molar-refractivity contribution in [2.75, 3.05) is 20.3 Å². The zero-order valence-corrected chi connectivity index (χ0v) is 12.2. The highest BCUT2D eigenvalue weighted by Crippen LogP contribution is 2.26. The van der Waals surface area contributed by atoms with Gasteiger partial charge < -0.3 is 9.47 Å². The van der Waals surface area contributed by atoms with Gasteiger partial charge in [-0.15, -0.1) is 0 Å². The molecule has 0 spiro atoms. The molecule has 0 unspecified atom stereocenters. The molecule has 4 heteroatoms. The Kier molecular flexibility index (Phi) is 6.05. The second-order valence-electron chi connectivity index (χ2n) is 3.89. The Morgan fingerprint density at radius 3 is 2.75 bits per heavy atom. The van der Waals surface area contributed by atoms with Crippen molar-refractivity contribution in [2.24, 2.45) is 0 Å². The molecule has 1 aromatic heterocycles. The number of hydrogen-bond donors (Lipinski definition) is 0. The van der Waals surface area contributed by atoms with Crippen LogP contribution >= 0.6 is 22.6 Å². The summed E-state index contributed by atoms with van der Waals surface area (Å²) in [6.07, 6.45) is 2.81. The van der Waals surface area contributed by atoms with Crippen molar-refractivity contribution in [3.63, 3.8) is 0 Å². The lowest BCUT2D eigenvalue weighted by Crippen LogP contribution is -2.05. The van der Waals surface area contributed by atoms with E-state index in [1.54, 1.807) is 7.11 Å². The lowest BCUT2D eigenvalue weighted by molar-refractivity contribution is 0.171. The summed E-state index contributed by atoms with van der Waals surface area (Å²) in [5.74, 6) is 1.38. The fourth-order valence-corrected chi connectivity index (χ4v) is 1.79. The van der Waals surface area contributed by atoms with Crippen molar-refractivity contribution in [1.82, 2.24) is 4.98 Å². The zero-order chi connectivity index (χ0) is 12.0. The second-order valence-corrected chi connectivity index (χ2v) is 5.00. The van der Waals surface area contributed by atoms with Gasteiger partial charge in [0, 0.05) is 38.0 Å². The molecule has 0 aliphatic rings. The van der Waals surface area contributed by atoms with Crippen molar-refractivity contribution in [2.45, 2.75) is 26.2 Å². The Morgan fingerprint density at radius 1 is 1.38 bits per heavy atom. The van der Waals surface area contributed by atoms with E-state index >= 15 is 0 Å². The highest BCUT2D eigenvalue weighted by Gasteiger charge is 2.09. The van der Waals surface area contributed by atoms with E-state index < -0.39 is 0 Å². The van der Waals surface area contributed by atoms with E-state index in [1.807, 2.05) is 12.3 Å². The van der Waals surface area contributed by atoms with Crippen LogP contribution in [0.15, 0.2) is 12.3 Å². The molecule has 0 amide bonds. The van der Waals surface area contributed by atoms with Crippen LogP contribution in [0.1, 0.15) is 31.7 Å². The third-order valence-corrected chi connectivity index (χ3v) is 2.82. The number of halogens is 1. The van der Waals surface area contributed by atoms with E-state index in [0.717, 1.165) is 28.0 Å². The Balaban J connectivity index is 2.65. The molecule has 16 heavy (non-hydrogen) atoms. The molecule has 0 bridgehead atoms. The van der Waals surface area contributed by atoms with Gasteiger partial charge in [-0.1, -0.05) is 13.8 Å². The summed E-state index contributed by atoms with van der Waals surface area (Å²) in [7, 11) is 1.70. The Bertz CT molecular complexity index is 329. The van der Waals surface area contributed by atoms with Gasteiger partial charge in [0.2, 0.25) is 0 Å². The third kappa shape index (κ3) is 4.25. The number of methoxy groups -OCH3 is 1. The van der Waals surface area contributed by atoms with Crippen molar-refractivity contribution in [3.8, 4) is 5.75 Å². The average Bonchev–Trinajstić information content (AvgIpc) is 2.24. The van der Waals surface area contributed by atoms with Gasteiger partial charge in [0.1, 0.15) is 9.45 Å². The van der Waals surface area contributed by atoms with Crippen LogP contribution < -0.4 is 4.74 Å². The first-order chi connectivity index (χ1) is 7.65. The van der Waals surface area contributed by atoms with Gasteiger partial charge in [-0.25, -0.2) is 4.98 Å². The predicted octanol–water partition coefficient (Wildman–Crippen LogP) is 3.22. The van der Waals surface area contributed by atoms with E-state index in [2.05, 4.69) is 41.4 Å². The maximum atomic E-state index is 5.76. The molecule has 0 atom stereocenters. The number of rotatable bonds is 6. The number of pyridine rings is 1. The maximum Gasteiger partial charge on any atom is 0.126 e. The summed E-state index contributed by atoms with van der Waals surface area (Å²) >= 11 is 2.20. The standard InChI is InChI=1S/C12H18INO2/c1-9(2)10-8-14-12(13)7-11(10)16-6-4-5-15-3/h7-9H,4-6H2,1-3H3. The van der Waals surface area contributed by atoms with Gasteiger partial charge in [-0.3, -0.25) is 0 Å². The lowest BCUT2D eigenvalue weighted by atomic mass is 10.1. The summed E-state index contributed by atoms with van der Waals surface area (Å²) < 4.78 is 11.7. The van der Waals surface area contributed by atoms with Crippen LogP contribution in [0.3, 0.4) is 0 Å². The quantitative estimate of drug-likeness (QED) is 0.454. The van der Waals surface area contributed by atoms with Gasteiger partial charge in [-0.05, 0) is 28.5 Å². The Morgan fingerprint density at radius 2 is 2.12 bits per heavy atom. The minimum atomic E-state index is 0.432. The molecule has 0 radical (unpaired) electrons. The molecule has 0 N–H and O–H groups in total. The van der Waals surface area contributed by atoms with E-state index in [9.17, 15) is 0 Å². The van der Waals surface area contributed by atoms with E-state index in [4.69, 9.17) is 9.47 Å². The molecule has 0 saturated carbocycles. The maximum absolute atomic E-state index is 5.76. The normalized spacial score (nSPS) is 10.8. The number of aromatic nitrogens is 1. The first-order valence-corrected chi connectivity index (χ1v) is 6.50. The summed E-state index contributed by atoms with van der Waals surface area (Å²) in [5, 5.41) is 0. The van der Waals surface area contributed by atoms with Gasteiger partial charge in [0.15, 0.2) is 0 Å². The van der Waals surface area contributed by atoms with Crippen LogP contribution in [0, 0.1) is 3.70 Å². The molecular formula is C12H18INO2. The summed E-state index contributed by atoms with van der Waals surface area (Å²) in [5.41, 5.74) is 1.16. The highest BCUT2D eigenvalue weighted by atomic mass is 127. The average molecular weight is 335 g/mol. The van der Waals surface area contributed by atoms with Crippen molar-refractivity contribution in [3.05, 3.63) is 21.5 Å². The molecule has 0 saturated heterocycles. The molecule has 1 rings (SSSR count). The predicted molar refractivity (Wildman–Crippen MR) is 73.0 cm³/mol. The molecule has 0 aromatic carbocycles. The summed E-state index contributed by atoms with van der Waals surface area (Å²) in [6, 6.07) is 1.99. The largest absolute Gasteiger partial charge is 0.493 e. The topological polar surface area (TPSA) is 31.4 Å². The number of ether oxygens (including phenoxy) is 2. The van der Waals surface area contributed by atoms with Crippen LogP contribution in [0.2, 0.25) is 0 Å². The minimum Gasteiger partial charge on any atom is -0.493 e. The van der Waals surface area contributed by atoms with Gasteiger partial charge in [0.05, 0.1) is 6.61 Å². The van der Waals surface area contributed by atoms with Gasteiger partial charge >= 0.3 is 0 Å². The lowest BCUT2D eigenvalue weighted by Gasteiger charge is -2.13. The van der Waals surface area contributed by atoms with Crippen molar-refractivity contribution < 1.29 is 9.47 Å². The van der Waals surface area contributed by atoms with Crippen LogP contribution in [-0.4, -0.2) is 25.3 Å². The SMILES string of the molecule is COCCCOc1cc(I)ncc1C(C)C. The third-order valence-electron chi connectivity index (χ3n) is 2.23. The monoisotopic (exact) mass is 335 g/mol. The molecule has 0 aliphatic heterocycles. The first-order valence-electron chi connectivity index (χ1n) is 5.42. The van der Waals surface area contributed by atoms with Crippen molar-refractivity contribution in [1.29, 1.82) is 0 Å². The first kappa shape index (κ1) is 13.7. The second kappa shape index (κ2) is 7.06. The molecule has 1 heterocycles. The van der Waals surface area contributed by atoms with Crippen LogP contribution in [0.4, 0.5) is 0 Å². The fourth-order valence-electron chi connectivity index (χ4n) is 1.37. The highest BCUT2D eigenvalue weighted by molar-refractivity contribution is 14.1. The summed E-state index contributed by atoms with van der Waals surface area (Å²) in [6.45, 7) is 5.71. The summed E-state index contributed by atoms with van der Waals surface area (Å²) in [4.78, 5) is 4.29. The van der Waals surface area contributed by atoms with E-state index in [-0.39, 0.29) is 0 Å². The van der Waals surface area contributed by atoms with Gasteiger partial charge in [-0.2, -0.15) is 0 Å². The van der Waals surface area contributed by atoms with Crippen LogP contribution in [0.25, 0.3) is 0 Å². The Labute approximate surface area is 111 Å². The molecule has 90 valence electrons. The van der Waals surface area contributed by atoms with Crippen LogP contribution in [-0.2, 0) is 4.74 Å².